The topological polar surface area (TPSA) is 66.1 Å². The normalized spacial score (nSPS) is 21.5. The molecule has 0 unspecified atom stereocenters. The molecule has 1 aliphatic carbocycles. The predicted molar refractivity (Wildman–Crippen MR) is 84.8 cm³/mol. The van der Waals surface area contributed by atoms with Gasteiger partial charge in [-0.05, 0) is 31.6 Å². The Hall–Kier alpha value is -1.51. The van der Waals surface area contributed by atoms with Gasteiger partial charge >= 0.3 is 6.18 Å². The van der Waals surface area contributed by atoms with Gasteiger partial charge in [0.25, 0.3) is 5.56 Å². The van der Waals surface area contributed by atoms with Crippen molar-refractivity contribution >= 4 is 17.7 Å². The lowest BCUT2D eigenvalue weighted by atomic mass is 9.87. The number of alkyl halides is 3. The van der Waals surface area contributed by atoms with Gasteiger partial charge in [-0.3, -0.25) is 9.59 Å². The Morgan fingerprint density at radius 2 is 2.00 bits per heavy atom. The van der Waals surface area contributed by atoms with Crippen LogP contribution in [0.4, 0.5) is 13.2 Å². The van der Waals surface area contributed by atoms with Crippen LogP contribution in [-0.4, -0.2) is 39.6 Å². The van der Waals surface area contributed by atoms with E-state index in [1.807, 2.05) is 0 Å². The summed E-state index contributed by atoms with van der Waals surface area (Å²) in [6.07, 6.45) is -0.682. The van der Waals surface area contributed by atoms with E-state index >= 15 is 0 Å². The molecule has 5 nitrogen and oxygen atoms in total. The second-order valence-corrected chi connectivity index (χ2v) is 7.10. The van der Waals surface area contributed by atoms with E-state index in [9.17, 15) is 22.8 Å². The molecule has 1 aromatic rings. The van der Waals surface area contributed by atoms with Gasteiger partial charge in [0.1, 0.15) is 0 Å². The van der Waals surface area contributed by atoms with Crippen LogP contribution in [0.15, 0.2) is 16.0 Å². The molecule has 134 valence electrons. The summed E-state index contributed by atoms with van der Waals surface area (Å²) in [5, 5.41) is -0.200. The Kier molecular flexibility index (Phi) is 5.95. The third-order valence-corrected chi connectivity index (χ3v) is 5.13. The van der Waals surface area contributed by atoms with Crippen LogP contribution in [0.2, 0.25) is 0 Å². The molecule has 1 N–H and O–H groups in total. The molecule has 1 heterocycles. The molecule has 0 atom stereocenters. The molecular formula is C15H20F3N3O2S. The molecule has 9 heteroatoms. The highest BCUT2D eigenvalue weighted by atomic mass is 32.2. The Morgan fingerprint density at radius 3 is 2.58 bits per heavy atom. The monoisotopic (exact) mass is 363 g/mol. The molecule has 1 aliphatic rings. The third-order valence-electron chi connectivity index (χ3n) is 4.27. The molecule has 0 aliphatic heterocycles. The van der Waals surface area contributed by atoms with Gasteiger partial charge in [-0.25, -0.2) is 4.98 Å². The van der Waals surface area contributed by atoms with Crippen molar-refractivity contribution in [2.75, 3.05) is 12.8 Å². The van der Waals surface area contributed by atoms with Crippen LogP contribution in [0.1, 0.15) is 38.3 Å². The lowest BCUT2D eigenvalue weighted by Crippen LogP contribution is -2.40. The summed E-state index contributed by atoms with van der Waals surface area (Å²) in [5.41, 5.74) is -2.14. The van der Waals surface area contributed by atoms with Gasteiger partial charge in [0.05, 0.1) is 5.75 Å². The van der Waals surface area contributed by atoms with Gasteiger partial charge in [-0.1, -0.05) is 18.7 Å². The molecule has 1 saturated carbocycles. The minimum atomic E-state index is -4.69. The lowest BCUT2D eigenvalue weighted by Gasteiger charge is -2.33. The van der Waals surface area contributed by atoms with E-state index in [1.54, 1.807) is 11.9 Å². The van der Waals surface area contributed by atoms with E-state index in [2.05, 4.69) is 16.9 Å². The van der Waals surface area contributed by atoms with Crippen LogP contribution in [0.25, 0.3) is 0 Å². The van der Waals surface area contributed by atoms with E-state index in [4.69, 9.17) is 0 Å². The molecule has 1 amide bonds. The molecule has 0 radical (unpaired) electrons. The lowest BCUT2D eigenvalue weighted by molar-refractivity contribution is -0.141. The zero-order chi connectivity index (χ0) is 17.9. The first-order valence-corrected chi connectivity index (χ1v) is 8.72. The van der Waals surface area contributed by atoms with Crippen LogP contribution in [-0.2, 0) is 11.0 Å². The number of hydrogen-bond acceptors (Lipinski definition) is 4. The number of amides is 1. The Balaban J connectivity index is 1.96. The summed E-state index contributed by atoms with van der Waals surface area (Å²) in [4.78, 5) is 30.8. The van der Waals surface area contributed by atoms with Crippen molar-refractivity contribution < 1.29 is 18.0 Å². The predicted octanol–water partition coefficient (Wildman–Crippen LogP) is 2.92. The van der Waals surface area contributed by atoms with Crippen molar-refractivity contribution in [1.29, 1.82) is 0 Å². The molecule has 0 spiro atoms. The zero-order valence-electron chi connectivity index (χ0n) is 13.5. The van der Waals surface area contributed by atoms with Crippen LogP contribution >= 0.6 is 11.8 Å². The summed E-state index contributed by atoms with van der Waals surface area (Å²) in [6, 6.07) is 0.573. The zero-order valence-corrected chi connectivity index (χ0v) is 14.3. The first-order valence-electron chi connectivity index (χ1n) is 7.74. The van der Waals surface area contributed by atoms with Crippen molar-refractivity contribution in [3.05, 3.63) is 22.1 Å². The molecule has 1 fully saturated rings. The largest absolute Gasteiger partial charge is 0.433 e. The molecule has 2 rings (SSSR count). The number of rotatable bonds is 4. The Bertz CT molecular complexity index is 640. The number of thioether (sulfide) groups is 1. The van der Waals surface area contributed by atoms with Gasteiger partial charge in [-0.15, -0.1) is 0 Å². The van der Waals surface area contributed by atoms with Crippen molar-refractivity contribution in [2.45, 2.75) is 50.0 Å². The molecular weight excluding hydrogens is 343 g/mol. The van der Waals surface area contributed by atoms with Gasteiger partial charge in [0.15, 0.2) is 10.9 Å². The maximum Gasteiger partial charge on any atom is 0.433 e. The Morgan fingerprint density at radius 1 is 1.38 bits per heavy atom. The number of nitrogens with one attached hydrogen (secondary N) is 1. The van der Waals surface area contributed by atoms with E-state index in [-0.39, 0.29) is 22.9 Å². The second kappa shape index (κ2) is 7.58. The molecule has 0 saturated heterocycles. The number of halogens is 3. The van der Waals surface area contributed by atoms with Crippen LogP contribution in [0.3, 0.4) is 0 Å². The average molecular weight is 363 g/mol. The highest BCUT2D eigenvalue weighted by Gasteiger charge is 2.33. The number of aromatic amines is 1. The van der Waals surface area contributed by atoms with Crippen LogP contribution in [0.5, 0.6) is 0 Å². The smallest absolute Gasteiger partial charge is 0.342 e. The Labute approximate surface area is 142 Å². The first-order chi connectivity index (χ1) is 11.2. The third kappa shape index (κ3) is 4.99. The van der Waals surface area contributed by atoms with Crippen molar-refractivity contribution in [3.8, 4) is 0 Å². The fourth-order valence-electron chi connectivity index (χ4n) is 2.71. The summed E-state index contributed by atoms with van der Waals surface area (Å²) in [5.74, 6) is 0.422. The van der Waals surface area contributed by atoms with Crippen molar-refractivity contribution in [2.24, 2.45) is 5.92 Å². The number of aromatic nitrogens is 2. The number of H-pyrrole nitrogens is 1. The van der Waals surface area contributed by atoms with Gasteiger partial charge in [-0.2, -0.15) is 13.2 Å². The summed E-state index contributed by atoms with van der Waals surface area (Å²) in [6.45, 7) is 2.18. The molecule has 24 heavy (non-hydrogen) atoms. The van der Waals surface area contributed by atoms with E-state index in [0.717, 1.165) is 37.4 Å². The van der Waals surface area contributed by atoms with Gasteiger partial charge in [0.2, 0.25) is 5.91 Å². The highest BCUT2D eigenvalue weighted by molar-refractivity contribution is 7.99. The second-order valence-electron chi connectivity index (χ2n) is 6.14. The molecule has 0 aromatic carbocycles. The fourth-order valence-corrected chi connectivity index (χ4v) is 3.51. The van der Waals surface area contributed by atoms with E-state index < -0.39 is 17.4 Å². The van der Waals surface area contributed by atoms with E-state index in [1.165, 1.54) is 0 Å². The summed E-state index contributed by atoms with van der Waals surface area (Å²) in [7, 11) is 1.71. The van der Waals surface area contributed by atoms with Crippen LogP contribution < -0.4 is 5.56 Å². The number of carbonyl (C=O) groups excluding carboxylic acids is 1. The highest BCUT2D eigenvalue weighted by Crippen LogP contribution is 2.28. The minimum absolute atomic E-state index is 0.0627. The standard InChI is InChI=1S/C15H20F3N3O2S/c1-9-3-5-10(6-4-9)21(2)13(23)8-24-14-19-11(15(16,17)18)7-12(22)20-14/h7,9-10H,3-6,8H2,1-2H3,(H,19,20,22). The fraction of sp³-hybridized carbons (Fsp3) is 0.667. The van der Waals surface area contributed by atoms with Gasteiger partial charge in [0, 0.05) is 19.2 Å². The van der Waals surface area contributed by atoms with Crippen LogP contribution in [0, 0.1) is 5.92 Å². The number of carbonyl (C=O) groups is 1. The van der Waals surface area contributed by atoms with Gasteiger partial charge < -0.3 is 9.88 Å². The maximum absolute atomic E-state index is 12.6. The molecule has 1 aromatic heterocycles. The first kappa shape index (κ1) is 18.8. The summed E-state index contributed by atoms with van der Waals surface area (Å²) >= 11 is 0.808. The minimum Gasteiger partial charge on any atom is -0.342 e. The number of hydrogen-bond donors (Lipinski definition) is 1. The number of nitrogens with zero attached hydrogens (tertiary/aromatic N) is 2. The maximum atomic E-state index is 12.6. The quantitative estimate of drug-likeness (QED) is 0.660. The van der Waals surface area contributed by atoms with Crippen molar-refractivity contribution in [1.82, 2.24) is 14.9 Å². The average Bonchev–Trinajstić information content (AvgIpc) is 2.51. The van der Waals surface area contributed by atoms with Crippen molar-refractivity contribution in [3.63, 3.8) is 0 Å². The van der Waals surface area contributed by atoms with E-state index in [0.29, 0.717) is 12.0 Å². The SMILES string of the molecule is CC1CCC(N(C)C(=O)CSc2nc(C(F)(F)F)cc(=O)[nH]2)CC1. The summed E-state index contributed by atoms with van der Waals surface area (Å²) < 4.78 is 37.9. The molecule has 0 bridgehead atoms.